The van der Waals surface area contributed by atoms with Gasteiger partial charge in [0.1, 0.15) is 10.5 Å². The smallest absolute Gasteiger partial charge is 0.305 e. The van der Waals surface area contributed by atoms with Crippen molar-refractivity contribution in [2.24, 2.45) is 5.92 Å². The highest BCUT2D eigenvalue weighted by Crippen LogP contribution is 2.25. The number of pyridine rings is 1. The van der Waals surface area contributed by atoms with Crippen LogP contribution in [0, 0.1) is 12.8 Å². The van der Waals surface area contributed by atoms with E-state index in [0.29, 0.717) is 24.0 Å². The molecule has 1 aliphatic heterocycles. The Morgan fingerprint density at radius 2 is 1.84 bits per heavy atom. The summed E-state index contributed by atoms with van der Waals surface area (Å²) >= 11 is 0. The van der Waals surface area contributed by atoms with Gasteiger partial charge >= 0.3 is 5.91 Å². The summed E-state index contributed by atoms with van der Waals surface area (Å²) in [5.41, 5.74) is 6.11. The number of sulfonamides is 1. The van der Waals surface area contributed by atoms with Gasteiger partial charge in [-0.05, 0) is 38.0 Å². The van der Waals surface area contributed by atoms with Gasteiger partial charge in [0.2, 0.25) is 15.9 Å². The summed E-state index contributed by atoms with van der Waals surface area (Å²) < 4.78 is 32.3. The van der Waals surface area contributed by atoms with Crippen molar-refractivity contribution in [1.29, 1.82) is 0 Å². The SMILES string of the molecule is Cc1c(C(=O)NNC(=O)C2CCN(S(=O)(=O)c3cccnc3)CC2)oc2ccccc12. The van der Waals surface area contributed by atoms with Crippen LogP contribution in [-0.4, -0.2) is 42.6 Å². The van der Waals surface area contributed by atoms with Crippen molar-refractivity contribution in [1.82, 2.24) is 20.1 Å². The van der Waals surface area contributed by atoms with E-state index in [9.17, 15) is 18.0 Å². The van der Waals surface area contributed by atoms with Crippen molar-refractivity contribution in [3.8, 4) is 0 Å². The van der Waals surface area contributed by atoms with Crippen LogP contribution in [0.15, 0.2) is 58.1 Å². The molecule has 0 radical (unpaired) electrons. The zero-order valence-corrected chi connectivity index (χ0v) is 17.7. The van der Waals surface area contributed by atoms with E-state index in [2.05, 4.69) is 15.8 Å². The van der Waals surface area contributed by atoms with Crippen LogP contribution in [0.5, 0.6) is 0 Å². The maximum atomic E-state index is 12.7. The standard InChI is InChI=1S/C21H22N4O5S/c1-14-17-6-2-3-7-18(17)30-19(14)21(27)24-23-20(26)15-8-11-25(12-9-15)31(28,29)16-5-4-10-22-13-16/h2-7,10,13,15H,8-9,11-12H2,1H3,(H,23,26)(H,24,27). The molecule has 3 aromatic rings. The highest BCUT2D eigenvalue weighted by atomic mass is 32.2. The van der Waals surface area contributed by atoms with Gasteiger partial charge in [0.15, 0.2) is 5.76 Å². The van der Waals surface area contributed by atoms with Gasteiger partial charge in [0.05, 0.1) is 0 Å². The summed E-state index contributed by atoms with van der Waals surface area (Å²) in [5.74, 6) is -1.17. The third-order valence-corrected chi connectivity index (χ3v) is 7.33. The zero-order valence-electron chi connectivity index (χ0n) is 16.9. The minimum atomic E-state index is -3.63. The van der Waals surface area contributed by atoms with Gasteiger partial charge in [-0.2, -0.15) is 4.31 Å². The number of piperidine rings is 1. The average Bonchev–Trinajstić information content (AvgIpc) is 3.14. The summed E-state index contributed by atoms with van der Waals surface area (Å²) in [6.07, 6.45) is 3.52. The molecular formula is C21H22N4O5S. The van der Waals surface area contributed by atoms with E-state index in [4.69, 9.17) is 4.42 Å². The molecule has 9 nitrogen and oxygen atoms in total. The summed E-state index contributed by atoms with van der Waals surface area (Å²) in [6.45, 7) is 2.21. The summed E-state index contributed by atoms with van der Waals surface area (Å²) in [7, 11) is -3.63. The number of hydrazine groups is 1. The number of para-hydroxylation sites is 1. The van der Waals surface area contributed by atoms with Crippen LogP contribution in [-0.2, 0) is 14.8 Å². The van der Waals surface area contributed by atoms with Gasteiger partial charge in [-0.3, -0.25) is 25.4 Å². The molecule has 1 fully saturated rings. The molecule has 162 valence electrons. The van der Waals surface area contributed by atoms with Crippen LogP contribution >= 0.6 is 0 Å². The fraction of sp³-hybridized carbons (Fsp3) is 0.286. The molecule has 0 aliphatic carbocycles. The number of rotatable bonds is 4. The van der Waals surface area contributed by atoms with E-state index in [1.165, 1.54) is 22.8 Å². The van der Waals surface area contributed by atoms with Crippen molar-refractivity contribution >= 4 is 32.8 Å². The van der Waals surface area contributed by atoms with Gasteiger partial charge in [-0.25, -0.2) is 8.42 Å². The quantitative estimate of drug-likeness (QED) is 0.596. The first-order valence-corrected chi connectivity index (χ1v) is 11.3. The third-order valence-electron chi connectivity index (χ3n) is 5.45. The molecule has 0 bridgehead atoms. The first-order chi connectivity index (χ1) is 14.9. The maximum absolute atomic E-state index is 12.7. The average molecular weight is 442 g/mol. The van der Waals surface area contributed by atoms with Crippen LogP contribution in [0.2, 0.25) is 0 Å². The topological polar surface area (TPSA) is 122 Å². The van der Waals surface area contributed by atoms with Crippen molar-refractivity contribution in [3.05, 3.63) is 60.1 Å². The van der Waals surface area contributed by atoms with E-state index in [0.717, 1.165) is 5.39 Å². The number of aromatic nitrogens is 1. The molecule has 0 atom stereocenters. The number of benzene rings is 1. The fourth-order valence-corrected chi connectivity index (χ4v) is 5.11. The molecule has 2 aromatic heterocycles. The molecule has 10 heteroatoms. The Kier molecular flexibility index (Phi) is 5.75. The largest absolute Gasteiger partial charge is 0.451 e. The Bertz CT molecular complexity index is 1220. The van der Waals surface area contributed by atoms with E-state index >= 15 is 0 Å². The first kappa shape index (κ1) is 21.0. The van der Waals surface area contributed by atoms with E-state index in [1.807, 2.05) is 18.2 Å². The molecular weight excluding hydrogens is 420 g/mol. The number of hydrogen-bond donors (Lipinski definition) is 2. The van der Waals surface area contributed by atoms with Gasteiger partial charge in [0, 0.05) is 42.4 Å². The number of fused-ring (bicyclic) bond motifs is 1. The number of furan rings is 1. The number of amides is 2. The second kappa shape index (κ2) is 8.48. The molecule has 1 aromatic carbocycles. The lowest BCUT2D eigenvalue weighted by Crippen LogP contribution is -2.48. The molecule has 0 spiro atoms. The number of nitrogens with zero attached hydrogens (tertiary/aromatic N) is 2. The summed E-state index contributed by atoms with van der Waals surface area (Å²) in [5, 5.41) is 0.834. The number of aryl methyl sites for hydroxylation is 1. The van der Waals surface area contributed by atoms with Crippen molar-refractivity contribution in [2.45, 2.75) is 24.7 Å². The zero-order chi connectivity index (χ0) is 22.0. The molecule has 2 amide bonds. The van der Waals surface area contributed by atoms with Gasteiger partial charge in [-0.15, -0.1) is 0 Å². The Hall–Kier alpha value is -3.24. The van der Waals surface area contributed by atoms with Crippen LogP contribution in [0.25, 0.3) is 11.0 Å². The van der Waals surface area contributed by atoms with E-state index in [-0.39, 0.29) is 29.7 Å². The molecule has 4 rings (SSSR count). The monoisotopic (exact) mass is 442 g/mol. The molecule has 2 N–H and O–H groups in total. The fourth-order valence-electron chi connectivity index (χ4n) is 3.68. The van der Waals surface area contributed by atoms with Crippen molar-refractivity contribution in [2.75, 3.05) is 13.1 Å². The number of carbonyl (C=O) groups is 2. The maximum Gasteiger partial charge on any atom is 0.305 e. The second-order valence-corrected chi connectivity index (χ2v) is 9.30. The number of hydrogen-bond acceptors (Lipinski definition) is 6. The second-order valence-electron chi connectivity index (χ2n) is 7.36. The number of carbonyl (C=O) groups excluding carboxylic acids is 2. The van der Waals surface area contributed by atoms with Crippen LogP contribution in [0.4, 0.5) is 0 Å². The number of nitrogens with one attached hydrogen (secondary N) is 2. The predicted molar refractivity (Wildman–Crippen MR) is 112 cm³/mol. The Morgan fingerprint density at radius 1 is 1.10 bits per heavy atom. The molecule has 0 unspecified atom stereocenters. The Labute approximate surface area is 179 Å². The summed E-state index contributed by atoms with van der Waals surface area (Å²) in [4.78, 5) is 28.9. The molecule has 1 aliphatic rings. The normalized spacial score (nSPS) is 15.6. The molecule has 1 saturated heterocycles. The lowest BCUT2D eigenvalue weighted by molar-refractivity contribution is -0.126. The lowest BCUT2D eigenvalue weighted by atomic mass is 9.98. The molecule has 3 heterocycles. The Morgan fingerprint density at radius 3 is 2.52 bits per heavy atom. The van der Waals surface area contributed by atoms with E-state index in [1.54, 1.807) is 19.1 Å². The highest BCUT2D eigenvalue weighted by Gasteiger charge is 2.32. The highest BCUT2D eigenvalue weighted by molar-refractivity contribution is 7.89. The lowest BCUT2D eigenvalue weighted by Gasteiger charge is -2.30. The van der Waals surface area contributed by atoms with Crippen molar-refractivity contribution in [3.63, 3.8) is 0 Å². The van der Waals surface area contributed by atoms with E-state index < -0.39 is 21.8 Å². The van der Waals surface area contributed by atoms with Crippen LogP contribution in [0.3, 0.4) is 0 Å². The van der Waals surface area contributed by atoms with Gasteiger partial charge in [0.25, 0.3) is 0 Å². The van der Waals surface area contributed by atoms with Gasteiger partial charge < -0.3 is 4.42 Å². The molecule has 0 saturated carbocycles. The third kappa shape index (κ3) is 4.17. The first-order valence-electron chi connectivity index (χ1n) is 9.86. The van der Waals surface area contributed by atoms with Crippen molar-refractivity contribution < 1.29 is 22.4 Å². The van der Waals surface area contributed by atoms with Crippen LogP contribution in [0.1, 0.15) is 29.0 Å². The predicted octanol–water partition coefficient (Wildman–Crippen LogP) is 2.00. The van der Waals surface area contributed by atoms with Gasteiger partial charge in [-0.1, -0.05) is 18.2 Å². The minimum Gasteiger partial charge on any atom is -0.451 e. The Balaban J connectivity index is 1.33. The minimum absolute atomic E-state index is 0.131. The summed E-state index contributed by atoms with van der Waals surface area (Å²) in [6, 6.07) is 10.4. The van der Waals surface area contributed by atoms with Crippen LogP contribution < -0.4 is 10.9 Å². The molecule has 31 heavy (non-hydrogen) atoms.